The molecular weight excluding hydrogens is 290 g/mol. The Kier molecular flexibility index (Phi) is 4.29. The van der Waals surface area contributed by atoms with Gasteiger partial charge in [0.1, 0.15) is 5.82 Å². The molecular formula is C18H29N3S. The minimum absolute atomic E-state index is 0.0451. The lowest BCUT2D eigenvalue weighted by molar-refractivity contribution is 0.482. The number of H-pyrrole nitrogens is 1. The van der Waals surface area contributed by atoms with Crippen molar-refractivity contribution in [2.24, 2.45) is 0 Å². The predicted molar refractivity (Wildman–Crippen MR) is 94.8 cm³/mol. The highest BCUT2D eigenvalue weighted by Crippen LogP contribution is 2.31. The molecule has 4 heteroatoms. The second-order valence-electron chi connectivity index (χ2n) is 8.83. The maximum atomic E-state index is 4.82. The van der Waals surface area contributed by atoms with Crippen LogP contribution >= 0.6 is 11.3 Å². The quantitative estimate of drug-likeness (QED) is 0.866. The zero-order chi connectivity index (χ0) is 16.8. The van der Waals surface area contributed by atoms with Gasteiger partial charge >= 0.3 is 0 Å². The second kappa shape index (κ2) is 5.48. The number of aromatic nitrogens is 3. The van der Waals surface area contributed by atoms with Crippen LogP contribution in [0.15, 0.2) is 11.6 Å². The molecule has 0 radical (unpaired) electrons. The van der Waals surface area contributed by atoms with Crippen molar-refractivity contribution in [3.05, 3.63) is 33.8 Å². The monoisotopic (exact) mass is 319 g/mol. The Hall–Kier alpha value is -1.16. The van der Waals surface area contributed by atoms with Gasteiger partial charge in [-0.05, 0) is 0 Å². The van der Waals surface area contributed by atoms with E-state index in [9.17, 15) is 0 Å². The normalized spacial score (nSPS) is 13.6. The summed E-state index contributed by atoms with van der Waals surface area (Å²) >= 11 is 1.76. The molecule has 0 unspecified atom stereocenters. The molecule has 0 aliphatic rings. The molecule has 0 spiro atoms. The Morgan fingerprint density at radius 3 is 2.09 bits per heavy atom. The minimum Gasteiger partial charge on any atom is -0.345 e. The van der Waals surface area contributed by atoms with Crippen LogP contribution in [-0.4, -0.2) is 15.0 Å². The molecule has 0 amide bonds. The molecule has 0 aliphatic carbocycles. The van der Waals surface area contributed by atoms with Crippen molar-refractivity contribution >= 4 is 11.3 Å². The summed E-state index contributed by atoms with van der Waals surface area (Å²) in [6.45, 7) is 17.7. The van der Waals surface area contributed by atoms with Crippen LogP contribution in [0.5, 0.6) is 0 Å². The number of hydrogen-bond acceptors (Lipinski definition) is 3. The highest BCUT2D eigenvalue weighted by Gasteiger charge is 2.28. The molecule has 2 rings (SSSR count). The van der Waals surface area contributed by atoms with Crippen molar-refractivity contribution in [2.45, 2.75) is 78.1 Å². The van der Waals surface area contributed by atoms with Gasteiger partial charge in [-0.25, -0.2) is 9.97 Å². The molecule has 0 fully saturated rings. The number of aromatic amines is 1. The van der Waals surface area contributed by atoms with Crippen LogP contribution in [0.3, 0.4) is 0 Å². The zero-order valence-corrected chi connectivity index (χ0v) is 16.0. The van der Waals surface area contributed by atoms with Crippen LogP contribution in [0.1, 0.15) is 77.6 Å². The molecule has 0 aromatic carbocycles. The number of thiazole rings is 1. The molecule has 22 heavy (non-hydrogen) atoms. The molecule has 122 valence electrons. The fourth-order valence-electron chi connectivity index (χ4n) is 2.24. The first kappa shape index (κ1) is 17.2. The Labute approximate surface area is 138 Å². The standard InChI is InChI=1S/C18H29N3S/c1-16(2,3)12-10-19-15(21-12)18(7,8)9-14-20-13(11-22-14)17(4,5)6/h10-11H,9H2,1-8H3,(H,19,21). The van der Waals surface area contributed by atoms with E-state index in [4.69, 9.17) is 4.98 Å². The van der Waals surface area contributed by atoms with Gasteiger partial charge in [0, 0.05) is 39.9 Å². The molecule has 2 aromatic rings. The van der Waals surface area contributed by atoms with Gasteiger partial charge in [-0.15, -0.1) is 11.3 Å². The lowest BCUT2D eigenvalue weighted by Crippen LogP contribution is -2.23. The maximum absolute atomic E-state index is 4.82. The number of nitrogens with zero attached hydrogens (tertiary/aromatic N) is 2. The number of imidazole rings is 1. The Balaban J connectivity index is 2.20. The van der Waals surface area contributed by atoms with Crippen LogP contribution in [0.2, 0.25) is 0 Å². The summed E-state index contributed by atoms with van der Waals surface area (Å²) < 4.78 is 0. The summed E-state index contributed by atoms with van der Waals surface area (Å²) in [4.78, 5) is 13.0. The summed E-state index contributed by atoms with van der Waals surface area (Å²) in [6.07, 6.45) is 2.88. The van der Waals surface area contributed by atoms with Crippen molar-refractivity contribution in [3.63, 3.8) is 0 Å². The van der Waals surface area contributed by atoms with Crippen LogP contribution in [0.25, 0.3) is 0 Å². The summed E-state index contributed by atoms with van der Waals surface area (Å²) in [6, 6.07) is 0. The van der Waals surface area contributed by atoms with E-state index >= 15 is 0 Å². The number of nitrogens with one attached hydrogen (secondary N) is 1. The van der Waals surface area contributed by atoms with Gasteiger partial charge in [-0.3, -0.25) is 0 Å². The Morgan fingerprint density at radius 1 is 1.00 bits per heavy atom. The molecule has 2 heterocycles. The molecule has 3 nitrogen and oxygen atoms in total. The summed E-state index contributed by atoms with van der Waals surface area (Å²) in [5.41, 5.74) is 2.53. The average Bonchev–Trinajstić information content (AvgIpc) is 2.93. The van der Waals surface area contributed by atoms with Gasteiger partial charge in [-0.1, -0.05) is 55.4 Å². The number of rotatable bonds is 3. The summed E-state index contributed by atoms with van der Waals surface area (Å²) in [7, 11) is 0. The van der Waals surface area contributed by atoms with E-state index in [0.717, 1.165) is 12.2 Å². The first-order chi connectivity index (χ1) is 9.89. The van der Waals surface area contributed by atoms with Crippen molar-refractivity contribution < 1.29 is 0 Å². The van der Waals surface area contributed by atoms with Crippen LogP contribution in [-0.2, 0) is 22.7 Å². The van der Waals surface area contributed by atoms with Crippen molar-refractivity contribution in [3.8, 4) is 0 Å². The van der Waals surface area contributed by atoms with Crippen molar-refractivity contribution in [1.29, 1.82) is 0 Å². The molecule has 0 bridgehead atoms. The van der Waals surface area contributed by atoms with E-state index in [-0.39, 0.29) is 16.2 Å². The van der Waals surface area contributed by atoms with Gasteiger partial charge in [0.05, 0.1) is 10.7 Å². The van der Waals surface area contributed by atoms with Gasteiger partial charge in [-0.2, -0.15) is 0 Å². The molecule has 0 saturated carbocycles. The molecule has 0 atom stereocenters. The number of hydrogen-bond donors (Lipinski definition) is 1. The third-order valence-corrected chi connectivity index (χ3v) is 4.79. The zero-order valence-electron chi connectivity index (χ0n) is 15.2. The second-order valence-corrected chi connectivity index (χ2v) is 9.78. The lowest BCUT2D eigenvalue weighted by atomic mass is 9.88. The first-order valence-corrected chi connectivity index (χ1v) is 8.78. The largest absolute Gasteiger partial charge is 0.345 e. The fraction of sp³-hybridized carbons (Fsp3) is 0.667. The van der Waals surface area contributed by atoms with Gasteiger partial charge in [0.25, 0.3) is 0 Å². The van der Waals surface area contributed by atoms with Gasteiger partial charge in [0.2, 0.25) is 0 Å². The van der Waals surface area contributed by atoms with Gasteiger partial charge < -0.3 is 4.98 Å². The topological polar surface area (TPSA) is 41.6 Å². The van der Waals surface area contributed by atoms with E-state index in [2.05, 4.69) is 70.7 Å². The van der Waals surface area contributed by atoms with E-state index in [1.807, 2.05) is 6.20 Å². The fourth-order valence-corrected chi connectivity index (χ4v) is 3.49. The third-order valence-electron chi connectivity index (χ3n) is 3.94. The van der Waals surface area contributed by atoms with Gasteiger partial charge in [0.15, 0.2) is 0 Å². The summed E-state index contributed by atoms with van der Waals surface area (Å²) in [5, 5.41) is 3.37. The Morgan fingerprint density at radius 2 is 1.64 bits per heavy atom. The Bertz CT molecular complexity index is 636. The van der Waals surface area contributed by atoms with Crippen molar-refractivity contribution in [1.82, 2.24) is 15.0 Å². The highest BCUT2D eigenvalue weighted by atomic mass is 32.1. The average molecular weight is 320 g/mol. The minimum atomic E-state index is -0.0451. The van der Waals surface area contributed by atoms with Crippen LogP contribution in [0, 0.1) is 0 Å². The predicted octanol–water partition coefficient (Wildman–Crippen LogP) is 4.98. The summed E-state index contributed by atoms with van der Waals surface area (Å²) in [5.74, 6) is 1.05. The highest BCUT2D eigenvalue weighted by molar-refractivity contribution is 7.09. The van der Waals surface area contributed by atoms with E-state index in [1.165, 1.54) is 16.4 Å². The molecule has 0 saturated heterocycles. The smallest absolute Gasteiger partial charge is 0.112 e. The van der Waals surface area contributed by atoms with Crippen LogP contribution in [0.4, 0.5) is 0 Å². The van der Waals surface area contributed by atoms with E-state index < -0.39 is 0 Å². The van der Waals surface area contributed by atoms with E-state index in [1.54, 1.807) is 11.3 Å². The third kappa shape index (κ3) is 3.78. The first-order valence-electron chi connectivity index (χ1n) is 7.90. The maximum Gasteiger partial charge on any atom is 0.112 e. The molecule has 0 aliphatic heterocycles. The molecule has 1 N–H and O–H groups in total. The van der Waals surface area contributed by atoms with Crippen LogP contribution < -0.4 is 0 Å². The SMILES string of the molecule is CC(C)(C)c1csc(CC(C)(C)c2ncc(C(C)(C)C)[nH]2)n1. The van der Waals surface area contributed by atoms with E-state index in [0.29, 0.717) is 0 Å². The van der Waals surface area contributed by atoms with Crippen molar-refractivity contribution in [2.75, 3.05) is 0 Å². The molecule has 2 aromatic heterocycles. The lowest BCUT2D eigenvalue weighted by Gasteiger charge is -2.22.